The number of amides is 2. The third-order valence-electron chi connectivity index (χ3n) is 2.23. The van der Waals surface area contributed by atoms with Crippen molar-refractivity contribution in [1.82, 2.24) is 10.6 Å². The molecule has 0 radical (unpaired) electrons. The predicted octanol–water partition coefficient (Wildman–Crippen LogP) is 2.22. The Hall–Kier alpha value is -2.04. The molecular formula is C15H22N2O3. The maximum Gasteiger partial charge on any atom is 0.408 e. The lowest BCUT2D eigenvalue weighted by atomic mass is 10.2. The van der Waals surface area contributed by atoms with Crippen molar-refractivity contribution in [1.29, 1.82) is 0 Å². The van der Waals surface area contributed by atoms with E-state index in [1.165, 1.54) is 6.92 Å². The highest BCUT2D eigenvalue weighted by Gasteiger charge is 2.20. The summed E-state index contributed by atoms with van der Waals surface area (Å²) in [6.07, 6.45) is -0.726. The molecular weight excluding hydrogens is 256 g/mol. The Morgan fingerprint density at radius 1 is 1.30 bits per heavy atom. The summed E-state index contributed by atoms with van der Waals surface area (Å²) in [6, 6.07) is 7.35. The highest BCUT2D eigenvalue weighted by Crippen LogP contribution is 2.06. The monoisotopic (exact) mass is 280 g/mol. The zero-order valence-electron chi connectivity index (χ0n) is 14.2. The van der Waals surface area contributed by atoms with Crippen LogP contribution >= 0.6 is 0 Å². The van der Waals surface area contributed by atoms with Crippen molar-refractivity contribution in [2.24, 2.45) is 0 Å². The second-order valence-corrected chi connectivity index (χ2v) is 5.35. The summed E-state index contributed by atoms with van der Waals surface area (Å²) >= 11 is 0. The maximum atomic E-state index is 12.0. The number of hydrogen-bond donors (Lipinski definition) is 2. The van der Waals surface area contributed by atoms with Gasteiger partial charge in [0.15, 0.2) is 0 Å². The van der Waals surface area contributed by atoms with E-state index in [1.54, 1.807) is 51.1 Å². The SMILES string of the molecule is [2H]C([2H])(NC(=O)[C@H](C)NC(=O)OC(C)(C)C)c1ccccc1. The van der Waals surface area contributed by atoms with Crippen LogP contribution in [0.5, 0.6) is 0 Å². The summed E-state index contributed by atoms with van der Waals surface area (Å²) in [4.78, 5) is 23.6. The van der Waals surface area contributed by atoms with Crippen LogP contribution in [-0.4, -0.2) is 23.6 Å². The van der Waals surface area contributed by atoms with Gasteiger partial charge in [0.1, 0.15) is 11.6 Å². The zero-order valence-corrected chi connectivity index (χ0v) is 12.2. The van der Waals surface area contributed by atoms with Crippen molar-refractivity contribution >= 4 is 12.0 Å². The fraction of sp³-hybridized carbons (Fsp3) is 0.467. The first-order chi connectivity index (χ1) is 10.0. The van der Waals surface area contributed by atoms with E-state index in [1.807, 2.05) is 0 Å². The van der Waals surface area contributed by atoms with E-state index in [0.29, 0.717) is 5.56 Å². The van der Waals surface area contributed by atoms with Gasteiger partial charge >= 0.3 is 6.09 Å². The minimum absolute atomic E-state index is 0.327. The number of carbonyl (C=O) groups excluding carboxylic acids is 2. The number of hydrogen-bond acceptors (Lipinski definition) is 3. The van der Waals surface area contributed by atoms with Crippen molar-refractivity contribution in [2.45, 2.75) is 45.8 Å². The van der Waals surface area contributed by atoms with Gasteiger partial charge in [0.05, 0.1) is 2.74 Å². The first kappa shape index (κ1) is 13.0. The number of ether oxygens (including phenoxy) is 1. The number of nitrogens with one attached hydrogen (secondary N) is 2. The summed E-state index contributed by atoms with van der Waals surface area (Å²) < 4.78 is 20.9. The van der Waals surface area contributed by atoms with Gasteiger partial charge in [-0.2, -0.15) is 0 Å². The van der Waals surface area contributed by atoms with Crippen LogP contribution in [-0.2, 0) is 16.0 Å². The molecule has 0 spiro atoms. The molecule has 0 bridgehead atoms. The normalized spacial score (nSPS) is 14.6. The van der Waals surface area contributed by atoms with Gasteiger partial charge in [0.2, 0.25) is 5.91 Å². The van der Waals surface area contributed by atoms with Crippen molar-refractivity contribution in [3.63, 3.8) is 0 Å². The predicted molar refractivity (Wildman–Crippen MR) is 77.1 cm³/mol. The molecule has 0 aromatic heterocycles. The molecule has 2 N–H and O–H groups in total. The standard InChI is InChI=1S/C15H22N2O3/c1-11(17-14(19)20-15(2,3)4)13(18)16-10-12-8-6-5-7-9-12/h5-9,11H,10H2,1-4H3,(H,16,18)(H,17,19)/t11-/m0/s1/i10D2. The minimum Gasteiger partial charge on any atom is -0.444 e. The fourth-order valence-electron chi connectivity index (χ4n) is 1.31. The van der Waals surface area contributed by atoms with Gasteiger partial charge in [-0.3, -0.25) is 4.79 Å². The molecule has 1 rings (SSSR count). The second-order valence-electron chi connectivity index (χ2n) is 5.35. The van der Waals surface area contributed by atoms with Crippen LogP contribution in [0.25, 0.3) is 0 Å². The van der Waals surface area contributed by atoms with Crippen LogP contribution in [0.1, 0.15) is 36.0 Å². The molecule has 1 aromatic carbocycles. The van der Waals surface area contributed by atoms with Gasteiger partial charge in [-0.05, 0) is 33.3 Å². The quantitative estimate of drug-likeness (QED) is 0.888. The molecule has 0 aliphatic heterocycles. The molecule has 0 saturated carbocycles. The Balaban J connectivity index is 2.63. The molecule has 20 heavy (non-hydrogen) atoms. The fourth-order valence-corrected chi connectivity index (χ4v) is 1.31. The van der Waals surface area contributed by atoms with E-state index in [4.69, 9.17) is 7.48 Å². The van der Waals surface area contributed by atoms with E-state index in [-0.39, 0.29) is 0 Å². The molecule has 0 aliphatic carbocycles. The van der Waals surface area contributed by atoms with E-state index in [9.17, 15) is 9.59 Å². The Kier molecular flexibility index (Phi) is 4.50. The molecule has 0 saturated heterocycles. The molecule has 110 valence electrons. The van der Waals surface area contributed by atoms with Crippen molar-refractivity contribution in [3.8, 4) is 0 Å². The summed E-state index contributed by atoms with van der Waals surface area (Å²) in [5.41, 5.74) is -0.341. The molecule has 5 nitrogen and oxygen atoms in total. The summed E-state index contributed by atoms with van der Waals surface area (Å²) in [7, 11) is 0. The summed E-state index contributed by atoms with van der Waals surface area (Å²) in [5, 5.41) is 4.64. The lowest BCUT2D eigenvalue weighted by Crippen LogP contribution is -2.46. The van der Waals surface area contributed by atoms with Crippen molar-refractivity contribution in [3.05, 3.63) is 35.9 Å². The molecule has 1 atom stereocenters. The van der Waals surface area contributed by atoms with Crippen LogP contribution in [0.2, 0.25) is 0 Å². The zero-order chi connectivity index (χ0) is 17.0. The van der Waals surface area contributed by atoms with Gasteiger partial charge in [-0.15, -0.1) is 0 Å². The van der Waals surface area contributed by atoms with Gasteiger partial charge in [0, 0.05) is 6.50 Å². The van der Waals surface area contributed by atoms with Gasteiger partial charge < -0.3 is 15.4 Å². The molecule has 5 heteroatoms. The number of alkyl carbamates (subject to hydrolysis) is 1. The number of rotatable bonds is 4. The Labute approximate surface area is 122 Å². The van der Waals surface area contributed by atoms with Crippen LogP contribution in [0, 0.1) is 0 Å². The van der Waals surface area contributed by atoms with E-state index < -0.39 is 30.1 Å². The molecule has 0 heterocycles. The van der Waals surface area contributed by atoms with Gasteiger partial charge in [-0.1, -0.05) is 30.3 Å². The third kappa shape index (κ3) is 6.22. The van der Waals surface area contributed by atoms with Crippen LogP contribution in [0.3, 0.4) is 0 Å². The van der Waals surface area contributed by atoms with Gasteiger partial charge in [-0.25, -0.2) is 4.79 Å². The molecule has 1 aromatic rings. The average molecular weight is 280 g/mol. The molecule has 2 amide bonds. The Morgan fingerprint density at radius 2 is 1.90 bits per heavy atom. The van der Waals surface area contributed by atoms with Crippen LogP contribution < -0.4 is 10.6 Å². The van der Waals surface area contributed by atoms with E-state index in [0.717, 1.165) is 0 Å². The molecule has 0 aliphatic rings. The van der Waals surface area contributed by atoms with E-state index >= 15 is 0 Å². The van der Waals surface area contributed by atoms with Crippen molar-refractivity contribution < 1.29 is 17.1 Å². The second kappa shape index (κ2) is 6.93. The average Bonchev–Trinajstić information content (AvgIpc) is 2.36. The Morgan fingerprint density at radius 3 is 2.45 bits per heavy atom. The Bertz CT molecular complexity index is 527. The highest BCUT2D eigenvalue weighted by atomic mass is 16.6. The number of benzene rings is 1. The first-order valence-corrected chi connectivity index (χ1v) is 6.38. The third-order valence-corrected chi connectivity index (χ3v) is 2.23. The topological polar surface area (TPSA) is 67.4 Å². The number of carbonyl (C=O) groups is 2. The lowest BCUT2D eigenvalue weighted by molar-refractivity contribution is -0.122. The smallest absolute Gasteiger partial charge is 0.408 e. The lowest BCUT2D eigenvalue weighted by Gasteiger charge is -2.21. The largest absolute Gasteiger partial charge is 0.444 e. The van der Waals surface area contributed by atoms with Crippen LogP contribution in [0.15, 0.2) is 30.3 Å². The first-order valence-electron chi connectivity index (χ1n) is 7.38. The summed E-state index contributed by atoms with van der Waals surface area (Å²) in [5.74, 6) is -0.639. The minimum atomic E-state index is -2.03. The van der Waals surface area contributed by atoms with Crippen LogP contribution in [0.4, 0.5) is 4.79 Å². The molecule has 0 unspecified atom stereocenters. The van der Waals surface area contributed by atoms with Crippen molar-refractivity contribution in [2.75, 3.05) is 0 Å². The summed E-state index contributed by atoms with van der Waals surface area (Å²) in [6.45, 7) is 4.57. The molecule has 0 fully saturated rings. The van der Waals surface area contributed by atoms with Gasteiger partial charge in [0.25, 0.3) is 0 Å². The van der Waals surface area contributed by atoms with E-state index in [2.05, 4.69) is 10.6 Å². The maximum absolute atomic E-state index is 12.0. The highest BCUT2D eigenvalue weighted by molar-refractivity contribution is 5.85.